The van der Waals surface area contributed by atoms with Crippen LogP contribution in [-0.4, -0.2) is 61.2 Å². The molecule has 0 unspecified atom stereocenters. The normalized spacial score (nSPS) is 19.5. The zero-order valence-corrected chi connectivity index (χ0v) is 27.9. The zero-order valence-electron chi connectivity index (χ0n) is 26.9. The second-order valence-corrected chi connectivity index (χ2v) is 18.1. The van der Waals surface area contributed by atoms with Gasteiger partial charge in [0.15, 0.2) is 8.32 Å². The molecule has 0 aromatic heterocycles. The molecule has 3 aromatic rings. The quantitative estimate of drug-likeness (QED) is 0.144. The topological polar surface area (TPSA) is 105 Å². The number of phenols is 1. The molecule has 0 aliphatic carbocycles. The lowest BCUT2D eigenvalue weighted by Gasteiger charge is -2.48. The summed E-state index contributed by atoms with van der Waals surface area (Å²) in [6, 6.07) is 16.3. The first-order chi connectivity index (χ1) is 21.7. The van der Waals surface area contributed by atoms with Crippen LogP contribution in [0.5, 0.6) is 5.75 Å². The first kappa shape index (κ1) is 33.6. The third kappa shape index (κ3) is 7.27. The Kier molecular flexibility index (Phi) is 9.85. The Morgan fingerprint density at radius 1 is 1.02 bits per heavy atom. The molecule has 4 N–H and O–H groups in total. The van der Waals surface area contributed by atoms with Crippen molar-refractivity contribution in [1.29, 1.82) is 0 Å². The molecule has 3 amide bonds. The average molecular weight is 651 g/mol. The zero-order chi connectivity index (χ0) is 33.2. The van der Waals surface area contributed by atoms with Crippen LogP contribution in [0.15, 0.2) is 66.7 Å². The van der Waals surface area contributed by atoms with Crippen LogP contribution in [0.25, 0.3) is 0 Å². The fourth-order valence-corrected chi connectivity index (χ4v) is 7.13. The molecule has 46 heavy (non-hydrogen) atoms. The SMILES string of the molecule is CC(C)(C[C@@H](CC[C@H]1C(=O)N(c2ccc(F)cc2)[C@@H]1c1ccc(NC(=O)N2CCNCC2)cc1O)c1ccc(F)cc1)[Si](C)(C)O. The summed E-state index contributed by atoms with van der Waals surface area (Å²) in [5, 5.41) is 17.0. The Hall–Kier alpha value is -3.80. The summed E-state index contributed by atoms with van der Waals surface area (Å²) < 4.78 is 27.7. The van der Waals surface area contributed by atoms with E-state index >= 15 is 0 Å². The van der Waals surface area contributed by atoms with Gasteiger partial charge in [-0.15, -0.1) is 0 Å². The van der Waals surface area contributed by atoms with Crippen LogP contribution in [-0.2, 0) is 4.79 Å². The summed E-state index contributed by atoms with van der Waals surface area (Å²) in [5.74, 6) is -1.47. The van der Waals surface area contributed by atoms with E-state index in [9.17, 15) is 28.3 Å². The Morgan fingerprint density at radius 3 is 2.22 bits per heavy atom. The summed E-state index contributed by atoms with van der Waals surface area (Å²) in [5.41, 5.74) is 2.43. The fraction of sp³-hybridized carbons (Fsp3) is 0.429. The Morgan fingerprint density at radius 2 is 1.63 bits per heavy atom. The van der Waals surface area contributed by atoms with Crippen molar-refractivity contribution >= 4 is 31.6 Å². The monoisotopic (exact) mass is 650 g/mol. The van der Waals surface area contributed by atoms with Crippen LogP contribution < -0.4 is 15.5 Å². The fourth-order valence-electron chi connectivity index (χ4n) is 6.39. The number of amides is 3. The Bertz CT molecular complexity index is 1540. The number of carbonyl (C=O) groups excluding carboxylic acids is 2. The number of hydrogen-bond acceptors (Lipinski definition) is 5. The summed E-state index contributed by atoms with van der Waals surface area (Å²) in [7, 11) is -2.57. The van der Waals surface area contributed by atoms with Crippen molar-refractivity contribution in [3.63, 3.8) is 0 Å². The standard InChI is InChI=1S/C35H44F2N4O4Si/c1-35(2,46(3,4)45)22-24(23-5-8-25(36)9-6-23)7-15-30-32(41(33(30)43)28-13-10-26(37)11-14-28)29-16-12-27(21-31(29)42)39-34(44)40-19-17-38-18-20-40/h5-6,8-14,16,21,24,30,32,38,42,45H,7,15,17-20,22H2,1-4H3,(H,39,44)/t24-,30-,32-/m1/s1. The second kappa shape index (κ2) is 13.5. The summed E-state index contributed by atoms with van der Waals surface area (Å²) in [6.07, 6.45) is 1.74. The highest BCUT2D eigenvalue weighted by molar-refractivity contribution is 6.72. The lowest BCUT2D eigenvalue weighted by Crippen LogP contribution is -2.55. The van der Waals surface area contributed by atoms with Gasteiger partial charge in [0, 0.05) is 49.2 Å². The van der Waals surface area contributed by atoms with E-state index < -0.39 is 26.1 Å². The van der Waals surface area contributed by atoms with Gasteiger partial charge in [-0.2, -0.15) is 0 Å². The lowest BCUT2D eigenvalue weighted by atomic mass is 9.75. The molecule has 2 heterocycles. The third-order valence-corrected chi connectivity index (χ3v) is 13.4. The molecule has 2 aliphatic rings. The van der Waals surface area contributed by atoms with E-state index in [-0.39, 0.29) is 34.5 Å². The van der Waals surface area contributed by atoms with Crippen molar-refractivity contribution in [3.8, 4) is 5.75 Å². The third-order valence-electron chi connectivity index (χ3n) is 9.90. The predicted octanol–water partition coefficient (Wildman–Crippen LogP) is 6.74. The van der Waals surface area contributed by atoms with Crippen molar-refractivity contribution in [2.75, 3.05) is 36.4 Å². The number of nitrogens with one attached hydrogen (secondary N) is 2. The molecule has 246 valence electrons. The van der Waals surface area contributed by atoms with Crippen LogP contribution in [0.1, 0.15) is 56.2 Å². The second-order valence-electron chi connectivity index (χ2n) is 13.6. The largest absolute Gasteiger partial charge is 0.508 e. The highest BCUT2D eigenvalue weighted by Gasteiger charge is 2.50. The molecule has 2 saturated heterocycles. The van der Waals surface area contributed by atoms with Crippen molar-refractivity contribution < 1.29 is 28.3 Å². The molecule has 11 heteroatoms. The molecule has 3 aromatic carbocycles. The van der Waals surface area contributed by atoms with Crippen molar-refractivity contribution in [1.82, 2.24) is 10.2 Å². The van der Waals surface area contributed by atoms with E-state index in [1.54, 1.807) is 46.2 Å². The number of halogens is 2. The smallest absolute Gasteiger partial charge is 0.321 e. The maximum Gasteiger partial charge on any atom is 0.321 e. The molecular formula is C35H44F2N4O4Si. The minimum absolute atomic E-state index is 0.0426. The van der Waals surface area contributed by atoms with Gasteiger partial charge in [0.2, 0.25) is 5.91 Å². The Balaban J connectivity index is 1.41. The molecule has 8 nitrogen and oxygen atoms in total. The van der Waals surface area contributed by atoms with E-state index in [1.807, 2.05) is 13.1 Å². The Labute approximate surface area is 270 Å². The number of aromatic hydroxyl groups is 1. The predicted molar refractivity (Wildman–Crippen MR) is 178 cm³/mol. The maximum absolute atomic E-state index is 13.8. The molecule has 2 fully saturated rings. The van der Waals surface area contributed by atoms with Gasteiger partial charge in [-0.3, -0.25) is 4.79 Å². The van der Waals surface area contributed by atoms with E-state index in [0.29, 0.717) is 62.4 Å². The molecule has 0 radical (unpaired) electrons. The van der Waals surface area contributed by atoms with Crippen LogP contribution in [0.2, 0.25) is 18.1 Å². The molecule has 2 aliphatic heterocycles. The van der Waals surface area contributed by atoms with E-state index in [0.717, 1.165) is 5.56 Å². The van der Waals surface area contributed by atoms with Gasteiger partial charge in [-0.05, 0) is 91.3 Å². The first-order valence-electron chi connectivity index (χ1n) is 15.9. The number of phenolic OH excluding ortho intramolecular Hbond substituents is 1. The highest BCUT2D eigenvalue weighted by atomic mass is 28.4. The lowest BCUT2D eigenvalue weighted by molar-refractivity contribution is -0.130. The number of carbonyl (C=O) groups is 2. The molecule has 0 saturated carbocycles. The highest BCUT2D eigenvalue weighted by Crippen LogP contribution is 2.51. The molecule has 0 bridgehead atoms. The molecule has 0 spiro atoms. The van der Waals surface area contributed by atoms with Crippen LogP contribution in [0.4, 0.5) is 25.0 Å². The van der Waals surface area contributed by atoms with Gasteiger partial charge < -0.3 is 30.3 Å². The van der Waals surface area contributed by atoms with E-state index in [2.05, 4.69) is 24.5 Å². The van der Waals surface area contributed by atoms with Crippen molar-refractivity contribution in [2.45, 2.75) is 63.2 Å². The molecule has 5 rings (SSSR count). The number of urea groups is 1. The van der Waals surface area contributed by atoms with Gasteiger partial charge in [-0.25, -0.2) is 13.6 Å². The molecule has 3 atom stereocenters. The average Bonchev–Trinajstić information content (AvgIpc) is 3.01. The minimum atomic E-state index is -2.57. The number of rotatable bonds is 10. The summed E-state index contributed by atoms with van der Waals surface area (Å²) in [6.45, 7) is 10.6. The summed E-state index contributed by atoms with van der Waals surface area (Å²) >= 11 is 0. The summed E-state index contributed by atoms with van der Waals surface area (Å²) in [4.78, 5) is 40.9. The van der Waals surface area contributed by atoms with Crippen LogP contribution >= 0.6 is 0 Å². The number of hydrogen-bond donors (Lipinski definition) is 4. The minimum Gasteiger partial charge on any atom is -0.508 e. The van der Waals surface area contributed by atoms with Crippen LogP contribution in [0, 0.1) is 17.6 Å². The van der Waals surface area contributed by atoms with Gasteiger partial charge >= 0.3 is 6.03 Å². The van der Waals surface area contributed by atoms with Gasteiger partial charge in [0.05, 0.1) is 12.0 Å². The van der Waals surface area contributed by atoms with Crippen molar-refractivity contribution in [3.05, 3.63) is 89.5 Å². The number of β-lactam (4-membered cyclic amide) rings is 1. The van der Waals surface area contributed by atoms with Crippen LogP contribution in [0.3, 0.4) is 0 Å². The molecular weight excluding hydrogens is 606 g/mol. The number of nitrogens with zero attached hydrogens (tertiary/aromatic N) is 2. The number of piperazine rings is 1. The van der Waals surface area contributed by atoms with Gasteiger partial charge in [-0.1, -0.05) is 32.0 Å². The number of anilines is 2. The van der Waals surface area contributed by atoms with E-state index in [1.165, 1.54) is 30.3 Å². The van der Waals surface area contributed by atoms with Gasteiger partial charge in [0.25, 0.3) is 0 Å². The van der Waals surface area contributed by atoms with E-state index in [4.69, 9.17) is 0 Å². The number of benzene rings is 3. The van der Waals surface area contributed by atoms with Crippen molar-refractivity contribution in [2.24, 2.45) is 5.92 Å². The maximum atomic E-state index is 13.8. The van der Waals surface area contributed by atoms with Gasteiger partial charge in [0.1, 0.15) is 17.4 Å². The first-order valence-corrected chi connectivity index (χ1v) is 18.9.